The number of thioether (sulfide) groups is 1. The topological polar surface area (TPSA) is 77.9 Å². The second-order valence-corrected chi connectivity index (χ2v) is 9.09. The lowest BCUT2D eigenvalue weighted by molar-refractivity contribution is -0.146. The van der Waals surface area contributed by atoms with Crippen LogP contribution in [0.3, 0.4) is 0 Å². The molecule has 1 spiro atoms. The van der Waals surface area contributed by atoms with E-state index in [1.807, 2.05) is 9.80 Å². The second kappa shape index (κ2) is 6.49. The number of hydrogen-bond donors (Lipinski definition) is 1. The predicted octanol–water partition coefficient (Wildman–Crippen LogP) is 1.79. The van der Waals surface area contributed by atoms with E-state index in [4.69, 9.17) is 0 Å². The normalized spacial score (nSPS) is 31.5. The SMILES string of the molecule is O=C(O)C1CC12CCN(C(=O)C1CSCN1C(=O)C1CCCC1)CC2. The van der Waals surface area contributed by atoms with Gasteiger partial charge in [0.15, 0.2) is 0 Å². The molecule has 2 aliphatic heterocycles. The first-order valence-corrected chi connectivity index (χ1v) is 10.6. The number of amides is 2. The molecule has 2 saturated heterocycles. The van der Waals surface area contributed by atoms with Crippen molar-refractivity contribution in [3.8, 4) is 0 Å². The quantitative estimate of drug-likeness (QED) is 0.824. The molecule has 25 heavy (non-hydrogen) atoms. The molecule has 4 fully saturated rings. The van der Waals surface area contributed by atoms with E-state index in [-0.39, 0.29) is 35.1 Å². The third kappa shape index (κ3) is 3.04. The van der Waals surface area contributed by atoms with Gasteiger partial charge in [0.2, 0.25) is 11.8 Å². The number of hydrogen-bond acceptors (Lipinski definition) is 4. The molecule has 2 amide bonds. The highest BCUT2D eigenvalue weighted by molar-refractivity contribution is 7.99. The number of likely N-dealkylation sites (tertiary alicyclic amines) is 1. The van der Waals surface area contributed by atoms with Crippen molar-refractivity contribution in [2.24, 2.45) is 17.3 Å². The van der Waals surface area contributed by atoms with Crippen LogP contribution in [0, 0.1) is 17.3 Å². The summed E-state index contributed by atoms with van der Waals surface area (Å²) in [6.07, 6.45) is 6.49. The summed E-state index contributed by atoms with van der Waals surface area (Å²) in [5, 5.41) is 9.19. The number of aliphatic carboxylic acids is 1. The summed E-state index contributed by atoms with van der Waals surface area (Å²) in [7, 11) is 0. The molecule has 138 valence electrons. The molecule has 2 aliphatic carbocycles. The Morgan fingerprint density at radius 1 is 1.04 bits per heavy atom. The standard InChI is InChI=1S/C18H26N2O4S/c21-15(12-3-1-2-4-12)20-11-25-10-14(20)16(22)19-7-5-18(6-8-19)9-13(18)17(23)24/h12-14H,1-11H2,(H,23,24). The van der Waals surface area contributed by atoms with Crippen LogP contribution in [0.25, 0.3) is 0 Å². The number of carboxylic acid groups (broad SMARTS) is 1. The van der Waals surface area contributed by atoms with Crippen molar-refractivity contribution < 1.29 is 19.5 Å². The number of nitrogens with zero attached hydrogens (tertiary/aromatic N) is 2. The highest BCUT2D eigenvalue weighted by Crippen LogP contribution is 2.59. The van der Waals surface area contributed by atoms with Crippen molar-refractivity contribution in [2.75, 3.05) is 24.7 Å². The molecule has 2 unspecified atom stereocenters. The first kappa shape index (κ1) is 17.2. The minimum atomic E-state index is -0.694. The molecule has 0 bridgehead atoms. The number of piperidine rings is 1. The molecule has 7 heteroatoms. The first-order chi connectivity index (χ1) is 12.0. The van der Waals surface area contributed by atoms with Gasteiger partial charge in [0.25, 0.3) is 0 Å². The average molecular weight is 366 g/mol. The third-order valence-electron chi connectivity index (χ3n) is 6.71. The molecule has 2 saturated carbocycles. The number of carboxylic acids is 1. The highest BCUT2D eigenvalue weighted by atomic mass is 32.2. The number of carbonyl (C=O) groups is 3. The van der Waals surface area contributed by atoms with E-state index in [9.17, 15) is 19.5 Å². The fourth-order valence-electron chi connectivity index (χ4n) is 4.90. The Balaban J connectivity index is 1.36. The number of rotatable bonds is 3. The Hall–Kier alpha value is -1.24. The van der Waals surface area contributed by atoms with Gasteiger partial charge in [-0.15, -0.1) is 11.8 Å². The summed E-state index contributed by atoms with van der Waals surface area (Å²) in [6, 6.07) is -0.318. The molecule has 0 aromatic rings. The molecule has 0 aromatic heterocycles. The molecule has 2 atom stereocenters. The van der Waals surface area contributed by atoms with Crippen LogP contribution in [0.2, 0.25) is 0 Å². The first-order valence-electron chi connectivity index (χ1n) is 9.42. The van der Waals surface area contributed by atoms with Crippen molar-refractivity contribution in [1.82, 2.24) is 9.80 Å². The zero-order valence-corrected chi connectivity index (χ0v) is 15.3. The summed E-state index contributed by atoms with van der Waals surface area (Å²) in [4.78, 5) is 40.6. The minimum absolute atomic E-state index is 0.0631. The lowest BCUT2D eigenvalue weighted by Crippen LogP contribution is -2.52. The Bertz CT molecular complexity index is 582. The van der Waals surface area contributed by atoms with Crippen LogP contribution in [-0.2, 0) is 14.4 Å². The van der Waals surface area contributed by atoms with E-state index in [1.165, 1.54) is 0 Å². The van der Waals surface area contributed by atoms with Crippen molar-refractivity contribution >= 4 is 29.5 Å². The second-order valence-electron chi connectivity index (χ2n) is 8.09. The van der Waals surface area contributed by atoms with Gasteiger partial charge >= 0.3 is 5.97 Å². The molecule has 6 nitrogen and oxygen atoms in total. The van der Waals surface area contributed by atoms with Crippen LogP contribution in [0.15, 0.2) is 0 Å². The molecule has 4 rings (SSSR count). The van der Waals surface area contributed by atoms with Crippen LogP contribution < -0.4 is 0 Å². The molecule has 4 aliphatic rings. The van der Waals surface area contributed by atoms with E-state index in [1.54, 1.807) is 11.8 Å². The van der Waals surface area contributed by atoms with Crippen molar-refractivity contribution in [3.63, 3.8) is 0 Å². The van der Waals surface area contributed by atoms with Crippen molar-refractivity contribution in [2.45, 2.75) is 51.0 Å². The minimum Gasteiger partial charge on any atom is -0.481 e. The van der Waals surface area contributed by atoms with Gasteiger partial charge in [0.1, 0.15) is 6.04 Å². The van der Waals surface area contributed by atoms with Gasteiger partial charge in [0, 0.05) is 24.8 Å². The zero-order chi connectivity index (χ0) is 17.6. The fourth-order valence-corrected chi connectivity index (χ4v) is 6.06. The van der Waals surface area contributed by atoms with Gasteiger partial charge in [0.05, 0.1) is 11.8 Å². The van der Waals surface area contributed by atoms with Crippen molar-refractivity contribution in [3.05, 3.63) is 0 Å². The summed E-state index contributed by atoms with van der Waals surface area (Å²) in [5.41, 5.74) is -0.0631. The predicted molar refractivity (Wildman–Crippen MR) is 93.9 cm³/mol. The van der Waals surface area contributed by atoms with Crippen LogP contribution in [0.1, 0.15) is 44.9 Å². The van der Waals surface area contributed by atoms with Gasteiger partial charge in [-0.25, -0.2) is 0 Å². The maximum atomic E-state index is 13.0. The van der Waals surface area contributed by atoms with Crippen LogP contribution >= 0.6 is 11.8 Å². The molecule has 1 N–H and O–H groups in total. The van der Waals surface area contributed by atoms with E-state index < -0.39 is 5.97 Å². The summed E-state index contributed by atoms with van der Waals surface area (Å²) >= 11 is 1.67. The van der Waals surface area contributed by atoms with Crippen LogP contribution in [-0.4, -0.2) is 63.5 Å². The van der Waals surface area contributed by atoms with Crippen molar-refractivity contribution in [1.29, 1.82) is 0 Å². The molecular weight excluding hydrogens is 340 g/mol. The average Bonchev–Trinajstić information content (AvgIpc) is 3.05. The molecule has 0 aromatic carbocycles. The number of carbonyl (C=O) groups excluding carboxylic acids is 2. The summed E-state index contributed by atoms with van der Waals surface area (Å²) in [6.45, 7) is 1.27. The highest BCUT2D eigenvalue weighted by Gasteiger charge is 2.59. The molecular formula is C18H26N2O4S. The van der Waals surface area contributed by atoms with E-state index >= 15 is 0 Å². The molecule has 2 heterocycles. The Morgan fingerprint density at radius 3 is 2.32 bits per heavy atom. The van der Waals surface area contributed by atoms with E-state index in [2.05, 4.69) is 0 Å². The maximum Gasteiger partial charge on any atom is 0.307 e. The van der Waals surface area contributed by atoms with Gasteiger partial charge in [-0.2, -0.15) is 0 Å². The Labute approximate surface area is 152 Å². The lowest BCUT2D eigenvalue weighted by Gasteiger charge is -2.36. The summed E-state index contributed by atoms with van der Waals surface area (Å²) in [5.74, 6) is 0.761. The Kier molecular flexibility index (Phi) is 4.46. The fraction of sp³-hybridized carbons (Fsp3) is 0.833. The van der Waals surface area contributed by atoms with Crippen LogP contribution in [0.5, 0.6) is 0 Å². The monoisotopic (exact) mass is 366 g/mol. The third-order valence-corrected chi connectivity index (χ3v) is 7.73. The summed E-state index contributed by atoms with van der Waals surface area (Å²) < 4.78 is 0. The zero-order valence-electron chi connectivity index (χ0n) is 14.5. The van der Waals surface area contributed by atoms with Gasteiger partial charge in [-0.05, 0) is 37.5 Å². The van der Waals surface area contributed by atoms with Gasteiger partial charge in [-0.3, -0.25) is 14.4 Å². The maximum absolute atomic E-state index is 13.0. The van der Waals surface area contributed by atoms with Crippen LogP contribution in [0.4, 0.5) is 0 Å². The van der Waals surface area contributed by atoms with Gasteiger partial charge in [-0.1, -0.05) is 12.8 Å². The van der Waals surface area contributed by atoms with E-state index in [0.29, 0.717) is 24.7 Å². The largest absolute Gasteiger partial charge is 0.481 e. The lowest BCUT2D eigenvalue weighted by atomic mass is 9.90. The van der Waals surface area contributed by atoms with Gasteiger partial charge < -0.3 is 14.9 Å². The smallest absolute Gasteiger partial charge is 0.307 e. The van der Waals surface area contributed by atoms with E-state index in [0.717, 1.165) is 44.9 Å². The molecule has 0 radical (unpaired) electrons. The Morgan fingerprint density at radius 2 is 1.72 bits per heavy atom.